The zero-order valence-electron chi connectivity index (χ0n) is 17.2. The Morgan fingerprint density at radius 2 is 1.46 bits per heavy atom. The number of aromatic nitrogens is 1. The summed E-state index contributed by atoms with van der Waals surface area (Å²) in [4.78, 5) is 8.17. The van der Waals surface area contributed by atoms with Crippen LogP contribution in [-0.4, -0.2) is 28.3 Å². The maximum atomic E-state index is 9.60. The summed E-state index contributed by atoms with van der Waals surface area (Å²) in [6.07, 6.45) is 15.9. The fourth-order valence-electron chi connectivity index (χ4n) is 3.15. The first-order valence-corrected chi connectivity index (χ1v) is 11.4. The number of hydrogen-bond donors (Lipinski definition) is 2. The molecule has 0 aliphatic heterocycles. The van der Waals surface area contributed by atoms with Crippen molar-refractivity contribution in [1.82, 2.24) is 4.98 Å². The molecule has 154 valence electrons. The van der Waals surface area contributed by atoms with E-state index < -0.39 is 0 Å². The lowest BCUT2D eigenvalue weighted by atomic mass is 10.2. The number of thiazole rings is 1. The summed E-state index contributed by atoms with van der Waals surface area (Å²) < 4.78 is 0. The highest BCUT2D eigenvalue weighted by molar-refractivity contribution is 7.16. The van der Waals surface area contributed by atoms with Gasteiger partial charge in [0.2, 0.25) is 0 Å². The van der Waals surface area contributed by atoms with Crippen LogP contribution in [0.15, 0.2) is 24.4 Å². The van der Waals surface area contributed by atoms with Gasteiger partial charge in [-0.25, -0.2) is 4.98 Å². The van der Waals surface area contributed by atoms with Crippen LogP contribution in [0, 0.1) is 0 Å². The molecule has 4 nitrogen and oxygen atoms in total. The molecule has 2 aromatic rings. The van der Waals surface area contributed by atoms with Crippen LogP contribution >= 0.6 is 11.3 Å². The lowest BCUT2D eigenvalue weighted by Gasteiger charge is -2.21. The molecule has 0 bridgehead atoms. The maximum Gasteiger partial charge on any atom is 0.185 e. The number of phenols is 2. The third kappa shape index (κ3) is 7.93. The number of anilines is 1. The van der Waals surface area contributed by atoms with Gasteiger partial charge in [0.1, 0.15) is 11.5 Å². The molecule has 2 rings (SSSR count). The fraction of sp³-hybridized carbons (Fsp3) is 0.522. The number of benzene rings is 1. The summed E-state index contributed by atoms with van der Waals surface area (Å²) in [5.41, 5.74) is 0.767. The van der Waals surface area contributed by atoms with Gasteiger partial charge in [-0.15, -0.1) is 0 Å². The van der Waals surface area contributed by atoms with E-state index >= 15 is 0 Å². The molecule has 0 amide bonds. The quantitative estimate of drug-likeness (QED) is 0.366. The normalized spacial score (nSPS) is 11.4. The van der Waals surface area contributed by atoms with Crippen LogP contribution in [0.2, 0.25) is 0 Å². The van der Waals surface area contributed by atoms with Crippen LogP contribution in [0.25, 0.3) is 12.2 Å². The van der Waals surface area contributed by atoms with Gasteiger partial charge in [-0.3, -0.25) is 0 Å². The van der Waals surface area contributed by atoms with Crippen molar-refractivity contribution in [3.8, 4) is 11.5 Å². The molecule has 1 heterocycles. The standard InChI is InChI=1S/C23H34N2O2S/c1-3-5-7-9-13-25(14-10-8-6-4-2)23-24-18-22(28-23)12-11-19-15-20(26)17-21(27)16-19/h11-12,15-18,26-27H,3-10,13-14H2,1-2H3/b12-11+. The first-order chi connectivity index (χ1) is 13.6. The van der Waals surface area contributed by atoms with Crippen LogP contribution in [0.1, 0.15) is 75.7 Å². The Balaban J connectivity index is 2.00. The molecule has 1 aromatic heterocycles. The molecule has 0 spiro atoms. The minimum Gasteiger partial charge on any atom is -0.508 e. The summed E-state index contributed by atoms with van der Waals surface area (Å²) in [6.45, 7) is 6.63. The van der Waals surface area contributed by atoms with Crippen LogP contribution in [0.3, 0.4) is 0 Å². The van der Waals surface area contributed by atoms with Gasteiger partial charge >= 0.3 is 0 Å². The summed E-state index contributed by atoms with van der Waals surface area (Å²) >= 11 is 1.70. The molecule has 0 radical (unpaired) electrons. The molecule has 0 aliphatic carbocycles. The second-order valence-corrected chi connectivity index (χ2v) is 8.31. The van der Waals surface area contributed by atoms with Crippen molar-refractivity contribution in [2.24, 2.45) is 0 Å². The van der Waals surface area contributed by atoms with E-state index in [1.54, 1.807) is 23.5 Å². The zero-order chi connectivity index (χ0) is 20.2. The largest absolute Gasteiger partial charge is 0.508 e. The molecule has 0 saturated carbocycles. The highest BCUT2D eigenvalue weighted by Crippen LogP contribution is 2.27. The monoisotopic (exact) mass is 402 g/mol. The number of phenolic OH excluding ortho intramolecular Hbond substituents is 2. The predicted octanol–water partition coefficient (Wildman–Crippen LogP) is 6.69. The van der Waals surface area contributed by atoms with Crippen LogP contribution < -0.4 is 4.90 Å². The molecular weight excluding hydrogens is 368 g/mol. The lowest BCUT2D eigenvalue weighted by molar-refractivity contribution is 0.450. The third-order valence-corrected chi connectivity index (χ3v) is 5.73. The second-order valence-electron chi connectivity index (χ2n) is 7.27. The van der Waals surface area contributed by atoms with Crippen molar-refractivity contribution < 1.29 is 10.2 Å². The second kappa shape index (κ2) is 12.4. The Bertz CT molecular complexity index is 695. The van der Waals surface area contributed by atoms with Crippen molar-refractivity contribution in [3.63, 3.8) is 0 Å². The lowest BCUT2D eigenvalue weighted by Crippen LogP contribution is -2.25. The van der Waals surface area contributed by atoms with E-state index in [1.165, 1.54) is 57.4 Å². The highest BCUT2D eigenvalue weighted by atomic mass is 32.1. The van der Waals surface area contributed by atoms with E-state index in [2.05, 4.69) is 23.7 Å². The molecular formula is C23H34N2O2S. The fourth-order valence-corrected chi connectivity index (χ4v) is 4.02. The van der Waals surface area contributed by atoms with E-state index in [0.29, 0.717) is 0 Å². The van der Waals surface area contributed by atoms with Gasteiger partial charge < -0.3 is 15.1 Å². The van der Waals surface area contributed by atoms with Gasteiger partial charge in [0, 0.05) is 30.2 Å². The Labute approximate surface area is 173 Å². The van der Waals surface area contributed by atoms with Gasteiger partial charge in [0.05, 0.1) is 0 Å². The van der Waals surface area contributed by atoms with E-state index in [1.807, 2.05) is 18.3 Å². The van der Waals surface area contributed by atoms with Crippen molar-refractivity contribution in [2.45, 2.75) is 65.2 Å². The third-order valence-electron chi connectivity index (χ3n) is 4.71. The molecule has 5 heteroatoms. The van der Waals surface area contributed by atoms with Crippen LogP contribution in [0.4, 0.5) is 5.13 Å². The SMILES string of the molecule is CCCCCCN(CCCCCC)c1ncc(/C=C/c2cc(O)cc(O)c2)s1. The van der Waals surface area contributed by atoms with Crippen molar-refractivity contribution >= 4 is 28.6 Å². The number of aromatic hydroxyl groups is 2. The first kappa shape index (κ1) is 22.3. The maximum absolute atomic E-state index is 9.60. The Kier molecular flexibility index (Phi) is 9.91. The summed E-state index contributed by atoms with van der Waals surface area (Å²) in [7, 11) is 0. The number of hydrogen-bond acceptors (Lipinski definition) is 5. The summed E-state index contributed by atoms with van der Waals surface area (Å²) in [5, 5.41) is 20.3. The Morgan fingerprint density at radius 3 is 2.04 bits per heavy atom. The van der Waals surface area contributed by atoms with E-state index in [0.717, 1.165) is 28.7 Å². The molecule has 1 aromatic carbocycles. The minimum atomic E-state index is 0.0648. The van der Waals surface area contributed by atoms with Crippen LogP contribution in [0.5, 0.6) is 11.5 Å². The van der Waals surface area contributed by atoms with Gasteiger partial charge in [-0.2, -0.15) is 0 Å². The van der Waals surface area contributed by atoms with E-state index in [-0.39, 0.29) is 11.5 Å². The average Bonchev–Trinajstić information content (AvgIpc) is 3.13. The molecule has 0 fully saturated rings. The number of rotatable bonds is 13. The molecule has 28 heavy (non-hydrogen) atoms. The van der Waals surface area contributed by atoms with Crippen molar-refractivity contribution in [3.05, 3.63) is 34.8 Å². The summed E-state index contributed by atoms with van der Waals surface area (Å²) in [5.74, 6) is 0.130. The average molecular weight is 403 g/mol. The number of unbranched alkanes of at least 4 members (excludes halogenated alkanes) is 6. The van der Waals surface area contributed by atoms with Crippen molar-refractivity contribution in [1.29, 1.82) is 0 Å². The van der Waals surface area contributed by atoms with E-state index in [4.69, 9.17) is 0 Å². The van der Waals surface area contributed by atoms with E-state index in [9.17, 15) is 10.2 Å². The summed E-state index contributed by atoms with van der Waals surface area (Å²) in [6, 6.07) is 4.59. The Morgan fingerprint density at radius 1 is 0.857 bits per heavy atom. The number of nitrogens with zero attached hydrogens (tertiary/aromatic N) is 2. The predicted molar refractivity (Wildman–Crippen MR) is 121 cm³/mol. The van der Waals surface area contributed by atoms with Crippen LogP contribution in [-0.2, 0) is 0 Å². The first-order valence-electron chi connectivity index (χ1n) is 10.5. The molecule has 0 saturated heterocycles. The van der Waals surface area contributed by atoms with Gasteiger partial charge in [0.15, 0.2) is 5.13 Å². The molecule has 2 N–H and O–H groups in total. The highest BCUT2D eigenvalue weighted by Gasteiger charge is 2.10. The van der Waals surface area contributed by atoms with Crippen molar-refractivity contribution in [2.75, 3.05) is 18.0 Å². The molecule has 0 unspecified atom stereocenters. The minimum absolute atomic E-state index is 0.0648. The zero-order valence-corrected chi connectivity index (χ0v) is 18.0. The van der Waals surface area contributed by atoms with Gasteiger partial charge in [-0.1, -0.05) is 69.8 Å². The van der Waals surface area contributed by atoms with Gasteiger partial charge in [-0.05, 0) is 36.6 Å². The van der Waals surface area contributed by atoms with Gasteiger partial charge in [0.25, 0.3) is 0 Å². The molecule has 0 aliphatic rings. The smallest absolute Gasteiger partial charge is 0.185 e. The topological polar surface area (TPSA) is 56.6 Å². The molecule has 0 atom stereocenters. The Hall–Kier alpha value is -2.01.